The van der Waals surface area contributed by atoms with E-state index in [1.54, 1.807) is 4.90 Å². The van der Waals surface area contributed by atoms with E-state index in [1.807, 2.05) is 26.0 Å². The molecule has 1 unspecified atom stereocenters. The number of ether oxygens (including phenoxy) is 1. The number of benzene rings is 2. The second-order valence-corrected chi connectivity index (χ2v) is 8.63. The van der Waals surface area contributed by atoms with E-state index < -0.39 is 0 Å². The topological polar surface area (TPSA) is 47.4 Å². The van der Waals surface area contributed by atoms with Gasteiger partial charge in [-0.3, -0.25) is 0 Å². The van der Waals surface area contributed by atoms with Crippen LogP contribution in [0.4, 0.5) is 4.79 Å². The average Bonchev–Trinajstić information content (AvgIpc) is 3.36. The third-order valence-corrected chi connectivity index (χ3v) is 6.48. The van der Waals surface area contributed by atoms with Crippen molar-refractivity contribution in [3.8, 4) is 16.9 Å². The number of fused-ring (bicyclic) bond motifs is 1. The second-order valence-electron chi connectivity index (χ2n) is 8.20. The van der Waals surface area contributed by atoms with Gasteiger partial charge in [-0.05, 0) is 56.9 Å². The highest BCUT2D eigenvalue weighted by Gasteiger charge is 2.31. The minimum absolute atomic E-state index is 0.237. The Balaban J connectivity index is 1.65. The summed E-state index contributed by atoms with van der Waals surface area (Å²) in [5.41, 5.74) is 6.89. The van der Waals surface area contributed by atoms with Crippen LogP contribution in [0.25, 0.3) is 16.9 Å². The number of halogens is 1. The van der Waals surface area contributed by atoms with E-state index in [0.717, 1.165) is 41.9 Å². The largest absolute Gasteiger partial charge is 0.449 e. The maximum atomic E-state index is 12.3. The van der Waals surface area contributed by atoms with Crippen LogP contribution in [0.15, 0.2) is 48.5 Å². The summed E-state index contributed by atoms with van der Waals surface area (Å²) in [6, 6.07) is 16.4. The van der Waals surface area contributed by atoms with Gasteiger partial charge in [0.25, 0.3) is 0 Å². The molecule has 168 valence electrons. The highest BCUT2D eigenvalue weighted by atomic mass is 35.5. The monoisotopic (exact) mass is 451 g/mol. The van der Waals surface area contributed by atoms with E-state index in [0.29, 0.717) is 24.7 Å². The van der Waals surface area contributed by atoms with Gasteiger partial charge in [0.15, 0.2) is 0 Å². The standard InChI is InChI=1S/C26H30ClN3O2/c1-4-19-9-7-8-10-24(19)30-25(20-11-13-21(27)14-12-20)22-15-18(16-23(22)28-30)17-32-26(31)29(5-2)6-3/h7-14,18H,4-6,15-17H2,1-3H3. The van der Waals surface area contributed by atoms with E-state index in [9.17, 15) is 4.79 Å². The van der Waals surface area contributed by atoms with E-state index in [2.05, 4.69) is 48.0 Å². The van der Waals surface area contributed by atoms with Crippen LogP contribution in [0.1, 0.15) is 37.6 Å². The molecule has 0 bridgehead atoms. The molecule has 4 rings (SSSR count). The van der Waals surface area contributed by atoms with Crippen LogP contribution in [0, 0.1) is 5.92 Å². The summed E-state index contributed by atoms with van der Waals surface area (Å²) in [6.07, 6.45) is 2.35. The molecule has 1 atom stereocenters. The quantitative estimate of drug-likeness (QED) is 0.446. The average molecular weight is 452 g/mol. The molecule has 1 heterocycles. The van der Waals surface area contributed by atoms with Crippen LogP contribution in [0.3, 0.4) is 0 Å². The lowest BCUT2D eigenvalue weighted by Gasteiger charge is -2.20. The zero-order valence-electron chi connectivity index (χ0n) is 19.0. The lowest BCUT2D eigenvalue weighted by molar-refractivity contribution is 0.0918. The van der Waals surface area contributed by atoms with Gasteiger partial charge >= 0.3 is 6.09 Å². The Morgan fingerprint density at radius 2 is 1.81 bits per heavy atom. The van der Waals surface area contributed by atoms with E-state index in [4.69, 9.17) is 21.4 Å². The van der Waals surface area contributed by atoms with Crippen LogP contribution < -0.4 is 0 Å². The van der Waals surface area contributed by atoms with Crippen molar-refractivity contribution in [2.75, 3.05) is 19.7 Å². The molecule has 1 amide bonds. The van der Waals surface area contributed by atoms with Gasteiger partial charge < -0.3 is 9.64 Å². The number of carbonyl (C=O) groups excluding carboxylic acids is 1. The highest BCUT2D eigenvalue weighted by Crippen LogP contribution is 2.37. The Hall–Kier alpha value is -2.79. The predicted molar refractivity (Wildman–Crippen MR) is 129 cm³/mol. The van der Waals surface area contributed by atoms with Crippen LogP contribution >= 0.6 is 11.6 Å². The molecule has 32 heavy (non-hydrogen) atoms. The Kier molecular flexibility index (Phi) is 6.85. The Bertz CT molecular complexity index is 1090. The fourth-order valence-corrected chi connectivity index (χ4v) is 4.61. The molecule has 0 saturated carbocycles. The number of hydrogen-bond donors (Lipinski definition) is 0. The summed E-state index contributed by atoms with van der Waals surface area (Å²) < 4.78 is 7.71. The molecule has 5 nitrogen and oxygen atoms in total. The smallest absolute Gasteiger partial charge is 0.409 e. The first-order valence-electron chi connectivity index (χ1n) is 11.4. The molecule has 2 aromatic carbocycles. The number of amides is 1. The number of aromatic nitrogens is 2. The van der Waals surface area contributed by atoms with Gasteiger partial charge in [0, 0.05) is 35.2 Å². The van der Waals surface area contributed by atoms with E-state index in [1.165, 1.54) is 11.1 Å². The minimum Gasteiger partial charge on any atom is -0.449 e. The van der Waals surface area contributed by atoms with Crippen LogP contribution in [0.5, 0.6) is 0 Å². The van der Waals surface area contributed by atoms with Crippen molar-refractivity contribution in [1.29, 1.82) is 0 Å². The highest BCUT2D eigenvalue weighted by molar-refractivity contribution is 6.30. The van der Waals surface area contributed by atoms with Gasteiger partial charge in [0.1, 0.15) is 0 Å². The lowest BCUT2D eigenvalue weighted by Crippen LogP contribution is -2.32. The molecular weight excluding hydrogens is 422 g/mol. The first-order valence-corrected chi connectivity index (χ1v) is 11.8. The molecule has 1 aliphatic carbocycles. The Labute approximate surface area is 194 Å². The van der Waals surface area contributed by atoms with Gasteiger partial charge in [-0.15, -0.1) is 0 Å². The SMILES string of the molecule is CCc1ccccc1-n1nc2c(c1-c1ccc(Cl)cc1)CC(COC(=O)N(CC)CC)C2. The van der Waals surface area contributed by atoms with Crippen molar-refractivity contribution < 1.29 is 9.53 Å². The van der Waals surface area contributed by atoms with Crippen molar-refractivity contribution in [3.05, 3.63) is 70.4 Å². The summed E-state index contributed by atoms with van der Waals surface area (Å²) >= 11 is 6.16. The van der Waals surface area contributed by atoms with Crippen molar-refractivity contribution in [2.24, 2.45) is 5.92 Å². The van der Waals surface area contributed by atoms with E-state index >= 15 is 0 Å². The Morgan fingerprint density at radius 1 is 1.09 bits per heavy atom. The summed E-state index contributed by atoms with van der Waals surface area (Å²) in [7, 11) is 0. The van der Waals surface area contributed by atoms with Crippen LogP contribution in [-0.2, 0) is 24.0 Å². The summed E-state index contributed by atoms with van der Waals surface area (Å²) in [6.45, 7) is 7.82. The molecule has 1 aromatic heterocycles. The molecule has 3 aromatic rings. The number of nitrogens with zero attached hydrogens (tertiary/aromatic N) is 3. The molecule has 0 saturated heterocycles. The zero-order chi connectivity index (χ0) is 22.7. The van der Waals surface area contributed by atoms with Crippen LogP contribution in [0.2, 0.25) is 5.02 Å². The zero-order valence-corrected chi connectivity index (χ0v) is 19.7. The van der Waals surface area contributed by atoms with Crippen molar-refractivity contribution in [3.63, 3.8) is 0 Å². The maximum absolute atomic E-state index is 12.3. The lowest BCUT2D eigenvalue weighted by atomic mass is 10.0. The van der Waals surface area contributed by atoms with Gasteiger partial charge in [-0.1, -0.05) is 48.9 Å². The molecule has 0 fully saturated rings. The summed E-state index contributed by atoms with van der Waals surface area (Å²) in [5, 5.41) is 5.76. The minimum atomic E-state index is -0.237. The van der Waals surface area contributed by atoms with Gasteiger partial charge in [0.2, 0.25) is 0 Å². The Morgan fingerprint density at radius 3 is 2.50 bits per heavy atom. The summed E-state index contributed by atoms with van der Waals surface area (Å²) in [4.78, 5) is 14.0. The van der Waals surface area contributed by atoms with E-state index in [-0.39, 0.29) is 12.0 Å². The normalized spacial score (nSPS) is 14.9. The first-order chi connectivity index (χ1) is 15.5. The fourth-order valence-electron chi connectivity index (χ4n) is 4.48. The number of aryl methyl sites for hydroxylation is 1. The molecule has 1 aliphatic rings. The van der Waals surface area contributed by atoms with Crippen molar-refractivity contribution in [2.45, 2.75) is 40.0 Å². The molecule has 0 spiro atoms. The predicted octanol–water partition coefficient (Wildman–Crippen LogP) is 5.95. The second kappa shape index (κ2) is 9.78. The van der Waals surface area contributed by atoms with Gasteiger partial charge in [-0.2, -0.15) is 5.10 Å². The summed E-state index contributed by atoms with van der Waals surface area (Å²) in [5.74, 6) is 0.245. The van der Waals surface area contributed by atoms with Crippen molar-refractivity contribution >= 4 is 17.7 Å². The maximum Gasteiger partial charge on any atom is 0.409 e. The molecule has 0 N–H and O–H groups in total. The van der Waals surface area contributed by atoms with Gasteiger partial charge in [-0.25, -0.2) is 9.48 Å². The first kappa shape index (κ1) is 22.4. The molecule has 0 radical (unpaired) electrons. The third-order valence-electron chi connectivity index (χ3n) is 6.22. The third kappa shape index (κ3) is 4.40. The number of rotatable bonds is 7. The number of para-hydroxylation sites is 1. The van der Waals surface area contributed by atoms with Gasteiger partial charge in [0.05, 0.1) is 23.7 Å². The molecule has 6 heteroatoms. The van der Waals surface area contributed by atoms with Crippen molar-refractivity contribution in [1.82, 2.24) is 14.7 Å². The fraction of sp³-hybridized carbons (Fsp3) is 0.385. The number of carbonyl (C=O) groups is 1. The molecular formula is C26H30ClN3O2. The molecule has 0 aliphatic heterocycles. The van der Waals surface area contributed by atoms with Crippen LogP contribution in [-0.4, -0.2) is 40.5 Å². The number of hydrogen-bond acceptors (Lipinski definition) is 3.